The van der Waals surface area contributed by atoms with Crippen LogP contribution in [-0.4, -0.2) is 91.9 Å². The van der Waals surface area contributed by atoms with Crippen LogP contribution in [0, 0.1) is 10.1 Å². The molecular formula is C31H38N8O5. The predicted molar refractivity (Wildman–Crippen MR) is 170 cm³/mol. The molecule has 2 aromatic heterocycles. The van der Waals surface area contributed by atoms with Crippen LogP contribution >= 0.6 is 0 Å². The number of aromatic nitrogens is 3. The highest BCUT2D eigenvalue weighted by Crippen LogP contribution is 2.40. The molecule has 0 aliphatic carbocycles. The second-order valence-corrected chi connectivity index (χ2v) is 11.0. The van der Waals surface area contributed by atoms with Crippen LogP contribution in [0.4, 0.5) is 23.0 Å². The minimum Gasteiger partial charge on any atom is -0.494 e. The van der Waals surface area contributed by atoms with Gasteiger partial charge >= 0.3 is 0 Å². The lowest BCUT2D eigenvalue weighted by atomic mass is 10.0. The van der Waals surface area contributed by atoms with E-state index in [9.17, 15) is 14.9 Å². The number of methoxy groups -OCH3 is 2. The first-order chi connectivity index (χ1) is 21.2. The van der Waals surface area contributed by atoms with Crippen molar-refractivity contribution in [2.45, 2.75) is 19.4 Å². The Balaban J connectivity index is 1.58. The van der Waals surface area contributed by atoms with Crippen molar-refractivity contribution in [1.29, 1.82) is 0 Å². The third kappa shape index (κ3) is 6.29. The van der Waals surface area contributed by atoms with E-state index in [1.165, 1.54) is 24.9 Å². The molecule has 2 aromatic carbocycles. The molecule has 13 heteroatoms. The Hall–Kier alpha value is -4.75. The van der Waals surface area contributed by atoms with Gasteiger partial charge in [-0.05, 0) is 32.5 Å². The van der Waals surface area contributed by atoms with Crippen molar-refractivity contribution in [3.8, 4) is 17.0 Å². The van der Waals surface area contributed by atoms with Crippen LogP contribution in [-0.2, 0) is 17.7 Å². The number of likely N-dealkylation sites (N-methyl/N-ethyl adjacent to an activating group) is 2. The van der Waals surface area contributed by atoms with Crippen LogP contribution in [0.15, 0.2) is 42.7 Å². The first kappa shape index (κ1) is 30.7. The number of nitrogens with one attached hydrogen (secondary N) is 2. The topological polar surface area (TPSA) is 140 Å². The number of carbonyl (C=O) groups is 1. The summed E-state index contributed by atoms with van der Waals surface area (Å²) in [4.78, 5) is 38.1. The molecule has 232 valence electrons. The number of hydrogen-bond donors (Lipinski definition) is 2. The van der Waals surface area contributed by atoms with E-state index in [0.29, 0.717) is 48.1 Å². The monoisotopic (exact) mass is 602 g/mol. The van der Waals surface area contributed by atoms with E-state index in [2.05, 4.69) is 26.3 Å². The van der Waals surface area contributed by atoms with Gasteiger partial charge in [-0.3, -0.25) is 14.9 Å². The molecule has 0 unspecified atom stereocenters. The number of nitrogens with zero attached hydrogens (tertiary/aromatic N) is 6. The van der Waals surface area contributed by atoms with E-state index >= 15 is 0 Å². The summed E-state index contributed by atoms with van der Waals surface area (Å²) in [6, 6.07) is 9.26. The molecule has 0 saturated carbocycles. The van der Waals surface area contributed by atoms with Crippen LogP contribution < -0.4 is 20.3 Å². The number of amides is 1. The highest BCUT2D eigenvalue weighted by molar-refractivity contribution is 6.05. The first-order valence-corrected chi connectivity index (χ1v) is 14.5. The Kier molecular flexibility index (Phi) is 9.26. The summed E-state index contributed by atoms with van der Waals surface area (Å²) in [7, 11) is 8.78. The smallest absolute Gasteiger partial charge is 0.294 e. The average Bonchev–Trinajstić information content (AvgIpc) is 3.40. The van der Waals surface area contributed by atoms with E-state index in [1.807, 2.05) is 49.3 Å². The fraction of sp³-hybridized carbons (Fsp3) is 0.387. The summed E-state index contributed by atoms with van der Waals surface area (Å²) >= 11 is 0. The molecule has 1 aliphatic heterocycles. The van der Waals surface area contributed by atoms with Crippen molar-refractivity contribution < 1.29 is 19.2 Å². The van der Waals surface area contributed by atoms with Gasteiger partial charge in [-0.1, -0.05) is 18.2 Å². The van der Waals surface area contributed by atoms with Crippen molar-refractivity contribution in [3.05, 3.63) is 64.0 Å². The number of anilines is 3. The third-order valence-electron chi connectivity index (χ3n) is 7.74. The summed E-state index contributed by atoms with van der Waals surface area (Å²) in [5, 5.41) is 19.1. The Morgan fingerprint density at radius 1 is 1.18 bits per heavy atom. The number of aryl methyl sites for hydroxylation is 2. The molecule has 13 nitrogen and oxygen atoms in total. The van der Waals surface area contributed by atoms with E-state index in [-0.39, 0.29) is 17.5 Å². The molecule has 44 heavy (non-hydrogen) atoms. The van der Waals surface area contributed by atoms with Gasteiger partial charge in [0.15, 0.2) is 0 Å². The molecule has 0 bridgehead atoms. The molecule has 0 atom stereocenters. The number of benzene rings is 2. The van der Waals surface area contributed by atoms with Crippen molar-refractivity contribution in [1.82, 2.24) is 24.8 Å². The van der Waals surface area contributed by atoms with Gasteiger partial charge in [0.05, 0.1) is 41.1 Å². The van der Waals surface area contributed by atoms with Gasteiger partial charge < -0.3 is 34.5 Å². The molecule has 5 rings (SSSR count). The van der Waals surface area contributed by atoms with Gasteiger partial charge in [0.1, 0.15) is 11.4 Å². The SMILES string of the molecule is COCCNC(=O)c1cnc(Nc2cc([N+](=O)[O-])c(N(C)CCN(C)C)cc2OC)nc1-c1cn2c3c(cccc13)CCC2. The number of ether oxygens (including phenoxy) is 2. The van der Waals surface area contributed by atoms with Crippen LogP contribution in [0.1, 0.15) is 22.3 Å². The maximum absolute atomic E-state index is 13.3. The molecule has 4 aromatic rings. The standard InChI is InChI=1S/C31H38N8O5/c1-36(2)13-14-37(3)25-17-27(44-5)24(16-26(25)39(41)42)34-31-33-18-22(30(40)32-11-15-43-4)28(35-31)23-19-38-12-7-9-20-8-6-10-21(23)29(20)38/h6,8,10,16-19H,7,9,11-15H2,1-5H3,(H,32,40)(H,33,34,35). The quantitative estimate of drug-likeness (QED) is 0.131. The van der Waals surface area contributed by atoms with Crippen molar-refractivity contribution in [2.24, 2.45) is 0 Å². The molecule has 0 radical (unpaired) electrons. The Bertz CT molecular complexity index is 1690. The van der Waals surface area contributed by atoms with Gasteiger partial charge in [0.2, 0.25) is 5.95 Å². The Labute approximate surface area is 255 Å². The molecule has 2 N–H and O–H groups in total. The van der Waals surface area contributed by atoms with Gasteiger partial charge in [-0.2, -0.15) is 0 Å². The molecule has 1 amide bonds. The normalized spacial score (nSPS) is 12.4. The highest BCUT2D eigenvalue weighted by atomic mass is 16.6. The fourth-order valence-corrected chi connectivity index (χ4v) is 5.49. The zero-order valence-corrected chi connectivity index (χ0v) is 25.7. The second kappa shape index (κ2) is 13.3. The highest BCUT2D eigenvalue weighted by Gasteiger charge is 2.25. The molecule has 0 saturated heterocycles. The second-order valence-electron chi connectivity index (χ2n) is 11.0. The van der Waals surface area contributed by atoms with Crippen molar-refractivity contribution in [2.75, 3.05) is 71.8 Å². The van der Waals surface area contributed by atoms with Crippen molar-refractivity contribution in [3.63, 3.8) is 0 Å². The first-order valence-electron chi connectivity index (χ1n) is 14.5. The fourth-order valence-electron chi connectivity index (χ4n) is 5.49. The van der Waals surface area contributed by atoms with Gasteiger partial charge in [0, 0.05) is 75.8 Å². The van der Waals surface area contributed by atoms with Crippen LogP contribution in [0.5, 0.6) is 5.75 Å². The Morgan fingerprint density at radius 2 is 2.00 bits per heavy atom. The van der Waals surface area contributed by atoms with Gasteiger partial charge in [-0.25, -0.2) is 9.97 Å². The third-order valence-corrected chi connectivity index (χ3v) is 7.74. The average molecular weight is 603 g/mol. The summed E-state index contributed by atoms with van der Waals surface area (Å²) < 4.78 is 12.9. The van der Waals surface area contributed by atoms with Crippen LogP contribution in [0.3, 0.4) is 0 Å². The minimum absolute atomic E-state index is 0.0853. The van der Waals surface area contributed by atoms with Crippen LogP contribution in [0.2, 0.25) is 0 Å². The number of para-hydroxylation sites is 1. The van der Waals surface area contributed by atoms with E-state index in [4.69, 9.17) is 14.5 Å². The molecular weight excluding hydrogens is 564 g/mol. The lowest BCUT2D eigenvalue weighted by molar-refractivity contribution is -0.384. The predicted octanol–water partition coefficient (Wildman–Crippen LogP) is 4.08. The maximum Gasteiger partial charge on any atom is 0.294 e. The molecule has 0 fully saturated rings. The number of carbonyl (C=O) groups excluding carboxylic acids is 1. The lowest BCUT2D eigenvalue weighted by Crippen LogP contribution is -2.29. The molecule has 0 spiro atoms. The number of nitro benzene ring substituents is 1. The van der Waals surface area contributed by atoms with Crippen molar-refractivity contribution >= 4 is 39.8 Å². The lowest BCUT2D eigenvalue weighted by Gasteiger charge is -2.22. The summed E-state index contributed by atoms with van der Waals surface area (Å²) in [5.41, 5.74) is 4.64. The zero-order chi connectivity index (χ0) is 31.4. The summed E-state index contributed by atoms with van der Waals surface area (Å²) in [6.45, 7) is 2.87. The number of rotatable bonds is 13. The Morgan fingerprint density at radius 3 is 2.73 bits per heavy atom. The number of nitro groups is 1. The van der Waals surface area contributed by atoms with Gasteiger partial charge in [0.25, 0.3) is 11.6 Å². The van der Waals surface area contributed by atoms with Gasteiger partial charge in [-0.15, -0.1) is 0 Å². The van der Waals surface area contributed by atoms with E-state index in [1.54, 1.807) is 13.2 Å². The van der Waals surface area contributed by atoms with E-state index < -0.39 is 4.92 Å². The number of hydrogen-bond acceptors (Lipinski definition) is 10. The summed E-state index contributed by atoms with van der Waals surface area (Å²) in [5.74, 6) is 0.233. The summed E-state index contributed by atoms with van der Waals surface area (Å²) in [6.07, 6.45) is 5.53. The maximum atomic E-state index is 13.3. The molecule has 1 aliphatic rings. The van der Waals surface area contributed by atoms with Crippen LogP contribution in [0.25, 0.3) is 22.2 Å². The largest absolute Gasteiger partial charge is 0.494 e. The van der Waals surface area contributed by atoms with E-state index in [0.717, 1.165) is 42.4 Å². The zero-order valence-electron chi connectivity index (χ0n) is 25.7. The molecule has 3 heterocycles. The minimum atomic E-state index is -0.417.